The molecule has 0 aromatic rings. The summed E-state index contributed by atoms with van der Waals surface area (Å²) in [6.07, 6.45) is 0. The number of rotatable bonds is 0. The standard InChI is InChI=1S/C6H14OSi/c1-6-4-7-8(2,3)5-6/h6H,4-5H2,1-3H3. The average Bonchev–Trinajstić information content (AvgIpc) is 1.82. The molecule has 0 aromatic carbocycles. The average molecular weight is 130 g/mol. The van der Waals surface area contributed by atoms with Gasteiger partial charge in [0.05, 0.1) is 0 Å². The molecule has 0 amide bonds. The quantitative estimate of drug-likeness (QED) is 0.455. The van der Waals surface area contributed by atoms with Crippen LogP contribution in [0.5, 0.6) is 0 Å². The maximum absolute atomic E-state index is 5.59. The van der Waals surface area contributed by atoms with Gasteiger partial charge in [0, 0.05) is 6.61 Å². The summed E-state index contributed by atoms with van der Waals surface area (Å²) in [6, 6.07) is 1.35. The number of hydrogen-bond donors (Lipinski definition) is 0. The van der Waals surface area contributed by atoms with E-state index in [4.69, 9.17) is 4.43 Å². The SMILES string of the molecule is CC1CO[Si](C)(C)C1. The summed E-state index contributed by atoms with van der Waals surface area (Å²) in [7, 11) is -1.10. The summed E-state index contributed by atoms with van der Waals surface area (Å²) in [5, 5.41) is 0. The summed E-state index contributed by atoms with van der Waals surface area (Å²) in [6.45, 7) is 7.86. The van der Waals surface area contributed by atoms with Gasteiger partial charge in [0.25, 0.3) is 0 Å². The molecule has 0 spiro atoms. The minimum Gasteiger partial charge on any atom is -0.417 e. The Labute approximate surface area is 52.2 Å². The molecule has 1 aliphatic heterocycles. The van der Waals surface area contributed by atoms with Gasteiger partial charge in [-0.15, -0.1) is 0 Å². The van der Waals surface area contributed by atoms with Crippen molar-refractivity contribution in [1.82, 2.24) is 0 Å². The molecule has 48 valence electrons. The van der Waals surface area contributed by atoms with Crippen molar-refractivity contribution in [2.75, 3.05) is 6.61 Å². The molecule has 0 radical (unpaired) electrons. The molecule has 2 heteroatoms. The van der Waals surface area contributed by atoms with Crippen LogP contribution in [-0.4, -0.2) is 14.9 Å². The highest BCUT2D eigenvalue weighted by Crippen LogP contribution is 2.25. The zero-order valence-corrected chi connectivity index (χ0v) is 6.90. The highest BCUT2D eigenvalue weighted by molar-refractivity contribution is 6.71. The zero-order valence-electron chi connectivity index (χ0n) is 5.90. The predicted molar refractivity (Wildman–Crippen MR) is 37.4 cm³/mol. The lowest BCUT2D eigenvalue weighted by Crippen LogP contribution is -2.23. The van der Waals surface area contributed by atoms with Crippen LogP contribution in [0.1, 0.15) is 6.92 Å². The van der Waals surface area contributed by atoms with E-state index < -0.39 is 8.32 Å². The Hall–Kier alpha value is 0.177. The smallest absolute Gasteiger partial charge is 0.187 e. The first-order valence-electron chi connectivity index (χ1n) is 3.24. The van der Waals surface area contributed by atoms with Gasteiger partial charge in [-0.2, -0.15) is 0 Å². The first-order valence-corrected chi connectivity index (χ1v) is 6.36. The summed E-state index contributed by atoms with van der Waals surface area (Å²) in [5.74, 6) is 0.830. The largest absolute Gasteiger partial charge is 0.417 e. The molecule has 8 heavy (non-hydrogen) atoms. The molecular formula is C6H14OSi. The van der Waals surface area contributed by atoms with Gasteiger partial charge in [-0.3, -0.25) is 0 Å². The Morgan fingerprint density at radius 2 is 2.12 bits per heavy atom. The molecule has 0 bridgehead atoms. The topological polar surface area (TPSA) is 9.23 Å². The van der Waals surface area contributed by atoms with Crippen molar-refractivity contribution >= 4 is 8.32 Å². The van der Waals surface area contributed by atoms with Crippen molar-refractivity contribution in [2.45, 2.75) is 26.1 Å². The second kappa shape index (κ2) is 1.85. The van der Waals surface area contributed by atoms with Gasteiger partial charge >= 0.3 is 0 Å². The van der Waals surface area contributed by atoms with Gasteiger partial charge in [-0.25, -0.2) is 0 Å². The summed E-state index contributed by atoms with van der Waals surface area (Å²) >= 11 is 0. The molecule has 1 nitrogen and oxygen atoms in total. The van der Waals surface area contributed by atoms with Gasteiger partial charge in [-0.1, -0.05) is 6.92 Å². The minimum absolute atomic E-state index is 0.830. The van der Waals surface area contributed by atoms with E-state index in [0.29, 0.717) is 0 Å². The molecule has 1 unspecified atom stereocenters. The first-order chi connectivity index (χ1) is 3.60. The maximum atomic E-state index is 5.59. The van der Waals surface area contributed by atoms with Crippen LogP contribution in [-0.2, 0) is 4.43 Å². The molecule has 1 rings (SSSR count). The van der Waals surface area contributed by atoms with Crippen LogP contribution < -0.4 is 0 Å². The Kier molecular flexibility index (Phi) is 1.45. The highest BCUT2D eigenvalue weighted by atomic mass is 28.4. The molecule has 1 fully saturated rings. The maximum Gasteiger partial charge on any atom is 0.187 e. The molecule has 0 aliphatic carbocycles. The van der Waals surface area contributed by atoms with Crippen molar-refractivity contribution in [3.8, 4) is 0 Å². The second-order valence-corrected chi connectivity index (χ2v) is 7.60. The Morgan fingerprint density at radius 1 is 1.50 bits per heavy atom. The molecular weight excluding hydrogens is 116 g/mol. The molecule has 1 heterocycles. The van der Waals surface area contributed by atoms with Crippen LogP contribution in [0.15, 0.2) is 0 Å². The molecule has 0 aromatic heterocycles. The van der Waals surface area contributed by atoms with E-state index in [1.165, 1.54) is 6.04 Å². The van der Waals surface area contributed by atoms with Gasteiger partial charge in [-0.05, 0) is 25.1 Å². The van der Waals surface area contributed by atoms with Crippen molar-refractivity contribution in [3.63, 3.8) is 0 Å². The molecule has 0 saturated carbocycles. The van der Waals surface area contributed by atoms with Gasteiger partial charge < -0.3 is 4.43 Å². The van der Waals surface area contributed by atoms with Crippen LogP contribution in [0.2, 0.25) is 19.1 Å². The molecule has 1 saturated heterocycles. The predicted octanol–water partition coefficient (Wildman–Crippen LogP) is 1.86. The summed E-state index contributed by atoms with van der Waals surface area (Å²) < 4.78 is 5.59. The van der Waals surface area contributed by atoms with Gasteiger partial charge in [0.2, 0.25) is 0 Å². The Morgan fingerprint density at radius 3 is 2.25 bits per heavy atom. The number of hydrogen-bond acceptors (Lipinski definition) is 1. The second-order valence-electron chi connectivity index (χ2n) is 3.38. The van der Waals surface area contributed by atoms with Crippen LogP contribution in [0.3, 0.4) is 0 Å². The molecule has 0 N–H and O–H groups in total. The normalized spacial score (nSPS) is 35.6. The molecule has 1 atom stereocenters. The molecule has 1 aliphatic rings. The fourth-order valence-electron chi connectivity index (χ4n) is 1.32. The van der Waals surface area contributed by atoms with E-state index in [2.05, 4.69) is 20.0 Å². The fourth-order valence-corrected chi connectivity index (χ4v) is 3.97. The lowest BCUT2D eigenvalue weighted by atomic mass is 10.2. The van der Waals surface area contributed by atoms with Gasteiger partial charge in [0.15, 0.2) is 8.32 Å². The summed E-state index contributed by atoms with van der Waals surface area (Å²) in [4.78, 5) is 0. The lowest BCUT2D eigenvalue weighted by Gasteiger charge is -2.10. The van der Waals surface area contributed by atoms with E-state index in [1.54, 1.807) is 0 Å². The van der Waals surface area contributed by atoms with Crippen molar-refractivity contribution in [1.29, 1.82) is 0 Å². The third kappa shape index (κ3) is 1.33. The zero-order chi connectivity index (χ0) is 6.20. The highest BCUT2D eigenvalue weighted by Gasteiger charge is 2.31. The van der Waals surface area contributed by atoms with Crippen LogP contribution in [0.4, 0.5) is 0 Å². The van der Waals surface area contributed by atoms with Crippen LogP contribution in [0.25, 0.3) is 0 Å². The fraction of sp³-hybridized carbons (Fsp3) is 1.00. The Bertz CT molecular complexity index is 90.5. The van der Waals surface area contributed by atoms with Crippen LogP contribution in [0, 0.1) is 5.92 Å². The van der Waals surface area contributed by atoms with Crippen molar-refractivity contribution in [2.24, 2.45) is 5.92 Å². The minimum atomic E-state index is -1.10. The third-order valence-corrected chi connectivity index (χ3v) is 4.23. The van der Waals surface area contributed by atoms with E-state index in [-0.39, 0.29) is 0 Å². The third-order valence-electron chi connectivity index (χ3n) is 1.60. The van der Waals surface area contributed by atoms with E-state index in [9.17, 15) is 0 Å². The lowest BCUT2D eigenvalue weighted by molar-refractivity contribution is 0.315. The summed E-state index contributed by atoms with van der Waals surface area (Å²) in [5.41, 5.74) is 0. The van der Waals surface area contributed by atoms with Crippen molar-refractivity contribution < 1.29 is 4.43 Å². The van der Waals surface area contributed by atoms with Crippen LogP contribution >= 0.6 is 0 Å². The first kappa shape index (κ1) is 6.30. The van der Waals surface area contributed by atoms with E-state index >= 15 is 0 Å². The monoisotopic (exact) mass is 130 g/mol. The van der Waals surface area contributed by atoms with E-state index in [0.717, 1.165) is 12.5 Å². The van der Waals surface area contributed by atoms with Crippen molar-refractivity contribution in [3.05, 3.63) is 0 Å². The Balaban J connectivity index is 2.44. The van der Waals surface area contributed by atoms with Gasteiger partial charge in [0.1, 0.15) is 0 Å². The van der Waals surface area contributed by atoms with E-state index in [1.807, 2.05) is 0 Å².